The topological polar surface area (TPSA) is 117 Å². The van der Waals surface area contributed by atoms with Gasteiger partial charge in [-0.25, -0.2) is 4.79 Å². The summed E-state index contributed by atoms with van der Waals surface area (Å²) in [6, 6.07) is -0.0642. The lowest BCUT2D eigenvalue weighted by molar-refractivity contribution is -0.133. The minimum Gasteiger partial charge on any atom is -0.450 e. The Morgan fingerprint density at radius 3 is 2.36 bits per heavy atom. The van der Waals surface area contributed by atoms with E-state index >= 15 is 0 Å². The third-order valence-electron chi connectivity index (χ3n) is 3.72. The molecule has 2 heterocycles. The van der Waals surface area contributed by atoms with Crippen LogP contribution in [0.25, 0.3) is 0 Å². The maximum Gasteiger partial charge on any atom is 0.409 e. The number of amides is 4. The normalized spacial score (nSPS) is 19.6. The van der Waals surface area contributed by atoms with Crippen molar-refractivity contribution in [1.82, 2.24) is 21.1 Å². The van der Waals surface area contributed by atoms with Crippen LogP contribution in [-0.2, 0) is 19.1 Å². The molecule has 0 unspecified atom stereocenters. The van der Waals surface area contributed by atoms with Gasteiger partial charge in [0.1, 0.15) is 5.92 Å². The zero-order valence-corrected chi connectivity index (χ0v) is 12.4. The van der Waals surface area contributed by atoms with Gasteiger partial charge in [-0.05, 0) is 19.8 Å². The highest BCUT2D eigenvalue weighted by Gasteiger charge is 2.35. The van der Waals surface area contributed by atoms with E-state index in [1.807, 2.05) is 0 Å². The molecule has 22 heavy (non-hydrogen) atoms. The fraction of sp³-hybridized carbons (Fsp3) is 0.692. The molecule has 0 aromatic heterocycles. The summed E-state index contributed by atoms with van der Waals surface area (Å²) >= 11 is 0. The van der Waals surface area contributed by atoms with Gasteiger partial charge in [0.25, 0.3) is 11.8 Å². The molecule has 0 aromatic rings. The van der Waals surface area contributed by atoms with E-state index in [2.05, 4.69) is 16.2 Å². The van der Waals surface area contributed by atoms with Crippen LogP contribution < -0.4 is 16.2 Å². The minimum absolute atomic E-state index is 0.0642. The molecule has 9 heteroatoms. The van der Waals surface area contributed by atoms with Gasteiger partial charge in [-0.3, -0.25) is 25.2 Å². The first-order valence-corrected chi connectivity index (χ1v) is 7.32. The molecule has 0 aromatic carbocycles. The average molecular weight is 312 g/mol. The van der Waals surface area contributed by atoms with Crippen LogP contribution in [-0.4, -0.2) is 54.5 Å². The quantitative estimate of drug-likeness (QED) is 0.569. The highest BCUT2D eigenvalue weighted by molar-refractivity contribution is 6.07. The van der Waals surface area contributed by atoms with Crippen LogP contribution in [0.5, 0.6) is 0 Å². The third-order valence-corrected chi connectivity index (χ3v) is 3.72. The summed E-state index contributed by atoms with van der Waals surface area (Å²) in [6.07, 6.45) is 0.725. The number of rotatable bonds is 4. The lowest BCUT2D eigenvalue weighted by Crippen LogP contribution is -2.47. The van der Waals surface area contributed by atoms with E-state index in [1.165, 1.54) is 0 Å². The van der Waals surface area contributed by atoms with Crippen LogP contribution in [0.3, 0.4) is 0 Å². The van der Waals surface area contributed by atoms with Gasteiger partial charge in [0.05, 0.1) is 6.61 Å². The van der Waals surface area contributed by atoms with Crippen molar-refractivity contribution in [2.75, 3.05) is 19.7 Å². The van der Waals surface area contributed by atoms with Crippen molar-refractivity contribution in [1.29, 1.82) is 0 Å². The zero-order valence-electron chi connectivity index (χ0n) is 12.4. The van der Waals surface area contributed by atoms with Crippen LogP contribution in [0.1, 0.15) is 26.2 Å². The third kappa shape index (κ3) is 3.86. The molecule has 4 amide bonds. The van der Waals surface area contributed by atoms with Crippen molar-refractivity contribution >= 4 is 23.8 Å². The highest BCUT2D eigenvalue weighted by atomic mass is 16.6. The largest absolute Gasteiger partial charge is 0.450 e. The van der Waals surface area contributed by atoms with Crippen LogP contribution in [0.15, 0.2) is 0 Å². The maximum absolute atomic E-state index is 11.9. The molecule has 0 atom stereocenters. The molecule has 9 nitrogen and oxygen atoms in total. The van der Waals surface area contributed by atoms with Crippen LogP contribution >= 0.6 is 0 Å². The standard InChI is InChI=1S/C13H20N4O5/c1-2-22-13(21)17-5-3-8(4-6-17)14-10(18)7-9-11(19)15-16-12(9)20/h8-9H,2-7H2,1H3,(H,14,18)(H,15,19)(H,16,20). The smallest absolute Gasteiger partial charge is 0.409 e. The second-order valence-electron chi connectivity index (χ2n) is 5.26. The summed E-state index contributed by atoms with van der Waals surface area (Å²) < 4.78 is 4.92. The molecular weight excluding hydrogens is 292 g/mol. The van der Waals surface area contributed by atoms with Crippen LogP contribution in [0.2, 0.25) is 0 Å². The number of hydrogen-bond donors (Lipinski definition) is 3. The molecule has 2 aliphatic heterocycles. The Hall–Kier alpha value is -2.32. The van der Waals surface area contributed by atoms with E-state index in [1.54, 1.807) is 11.8 Å². The Bertz CT molecular complexity index is 457. The second kappa shape index (κ2) is 7.10. The Morgan fingerprint density at radius 2 is 1.82 bits per heavy atom. The fourth-order valence-electron chi connectivity index (χ4n) is 2.50. The lowest BCUT2D eigenvalue weighted by atomic mass is 10.0. The van der Waals surface area contributed by atoms with Gasteiger partial charge >= 0.3 is 6.09 Å². The molecular formula is C13H20N4O5. The number of likely N-dealkylation sites (tertiary alicyclic amines) is 1. The van der Waals surface area contributed by atoms with E-state index in [0.29, 0.717) is 32.5 Å². The molecule has 2 rings (SSSR count). The van der Waals surface area contributed by atoms with E-state index in [-0.39, 0.29) is 24.5 Å². The van der Waals surface area contributed by atoms with Gasteiger partial charge < -0.3 is 15.0 Å². The van der Waals surface area contributed by atoms with Gasteiger partial charge in [0.15, 0.2) is 0 Å². The molecule has 2 fully saturated rings. The molecule has 2 saturated heterocycles. The van der Waals surface area contributed by atoms with Gasteiger partial charge in [0.2, 0.25) is 5.91 Å². The van der Waals surface area contributed by atoms with Crippen molar-refractivity contribution in [3.05, 3.63) is 0 Å². The highest BCUT2D eigenvalue weighted by Crippen LogP contribution is 2.13. The number of hydrogen-bond acceptors (Lipinski definition) is 5. The molecule has 2 aliphatic rings. The molecule has 122 valence electrons. The minimum atomic E-state index is -0.973. The van der Waals surface area contributed by atoms with Gasteiger partial charge in [-0.15, -0.1) is 0 Å². The lowest BCUT2D eigenvalue weighted by Gasteiger charge is -2.31. The van der Waals surface area contributed by atoms with E-state index in [9.17, 15) is 19.2 Å². The molecule has 0 radical (unpaired) electrons. The van der Waals surface area contributed by atoms with E-state index in [0.717, 1.165) is 0 Å². The first-order valence-electron chi connectivity index (χ1n) is 7.32. The van der Waals surface area contributed by atoms with Crippen molar-refractivity contribution in [3.8, 4) is 0 Å². The Labute approximate surface area is 127 Å². The first kappa shape index (κ1) is 16.1. The number of piperidine rings is 1. The SMILES string of the molecule is CCOC(=O)N1CCC(NC(=O)CC2C(=O)NNC2=O)CC1. The summed E-state index contributed by atoms with van der Waals surface area (Å²) in [6.45, 7) is 3.10. The van der Waals surface area contributed by atoms with E-state index in [4.69, 9.17) is 4.74 Å². The van der Waals surface area contributed by atoms with Crippen molar-refractivity contribution < 1.29 is 23.9 Å². The number of nitrogens with zero attached hydrogens (tertiary/aromatic N) is 1. The van der Waals surface area contributed by atoms with Gasteiger partial charge in [0, 0.05) is 25.6 Å². The Kier molecular flexibility index (Phi) is 5.18. The summed E-state index contributed by atoms with van der Waals surface area (Å²) in [5.74, 6) is -2.29. The monoisotopic (exact) mass is 312 g/mol. The molecule has 0 bridgehead atoms. The summed E-state index contributed by atoms with van der Waals surface area (Å²) in [4.78, 5) is 47.8. The molecule has 0 spiro atoms. The summed E-state index contributed by atoms with van der Waals surface area (Å²) in [5.41, 5.74) is 4.36. The van der Waals surface area contributed by atoms with Crippen molar-refractivity contribution in [3.63, 3.8) is 0 Å². The number of carbonyl (C=O) groups is 4. The Morgan fingerprint density at radius 1 is 1.23 bits per heavy atom. The van der Waals surface area contributed by atoms with Gasteiger partial charge in [-0.1, -0.05) is 0 Å². The second-order valence-corrected chi connectivity index (χ2v) is 5.26. The number of hydrazine groups is 1. The molecule has 0 aliphatic carbocycles. The number of ether oxygens (including phenoxy) is 1. The molecule has 0 saturated carbocycles. The number of nitrogens with one attached hydrogen (secondary N) is 3. The fourth-order valence-corrected chi connectivity index (χ4v) is 2.50. The maximum atomic E-state index is 11.9. The molecule has 3 N–H and O–H groups in total. The average Bonchev–Trinajstić information content (AvgIpc) is 2.80. The van der Waals surface area contributed by atoms with Gasteiger partial charge in [-0.2, -0.15) is 0 Å². The van der Waals surface area contributed by atoms with Crippen molar-refractivity contribution in [2.24, 2.45) is 5.92 Å². The zero-order chi connectivity index (χ0) is 16.1. The summed E-state index contributed by atoms with van der Waals surface area (Å²) in [7, 11) is 0. The first-order chi connectivity index (χ1) is 10.5. The Balaban J connectivity index is 1.74. The summed E-state index contributed by atoms with van der Waals surface area (Å²) in [5, 5.41) is 2.80. The predicted octanol–water partition coefficient (Wildman–Crippen LogP) is -1.11. The van der Waals surface area contributed by atoms with Crippen molar-refractivity contribution in [2.45, 2.75) is 32.2 Å². The number of carbonyl (C=O) groups excluding carboxylic acids is 4. The van der Waals surface area contributed by atoms with E-state index < -0.39 is 17.7 Å². The predicted molar refractivity (Wildman–Crippen MR) is 74.2 cm³/mol. The van der Waals surface area contributed by atoms with Crippen LogP contribution in [0.4, 0.5) is 4.79 Å². The van der Waals surface area contributed by atoms with Crippen LogP contribution in [0, 0.1) is 5.92 Å².